The first kappa shape index (κ1) is 21.9. The lowest BCUT2D eigenvalue weighted by molar-refractivity contribution is -0.132. The SMILES string of the molecule is C=C(C)C(=O)O.COS(=O)(=O)[O-].C[S+](C)c1ccccc1. The molecule has 0 unspecified atom stereocenters. The molecule has 6 nitrogen and oxygen atoms in total. The summed E-state index contributed by atoms with van der Waals surface area (Å²) in [4.78, 5) is 11.0. The van der Waals surface area contributed by atoms with Gasteiger partial charge in [0.1, 0.15) is 12.5 Å². The van der Waals surface area contributed by atoms with Gasteiger partial charge < -0.3 is 9.66 Å². The van der Waals surface area contributed by atoms with Gasteiger partial charge in [0.05, 0.1) is 7.11 Å². The van der Waals surface area contributed by atoms with Gasteiger partial charge in [0.15, 0.2) is 4.90 Å². The van der Waals surface area contributed by atoms with Crippen molar-refractivity contribution in [1.29, 1.82) is 0 Å². The largest absolute Gasteiger partial charge is 0.726 e. The molecule has 0 radical (unpaired) electrons. The van der Waals surface area contributed by atoms with Crippen LogP contribution in [-0.2, 0) is 30.3 Å². The van der Waals surface area contributed by atoms with Gasteiger partial charge in [-0.1, -0.05) is 24.8 Å². The highest BCUT2D eigenvalue weighted by Crippen LogP contribution is 2.05. The molecule has 0 aliphatic heterocycles. The van der Waals surface area contributed by atoms with Crippen LogP contribution in [0.1, 0.15) is 6.92 Å². The first-order valence-corrected chi connectivity index (χ1v) is 8.91. The molecule has 0 heterocycles. The number of benzene rings is 1. The van der Waals surface area contributed by atoms with Gasteiger partial charge in [-0.2, -0.15) is 0 Å². The normalized spacial score (nSPS) is 9.81. The fourth-order valence-electron chi connectivity index (χ4n) is 0.693. The van der Waals surface area contributed by atoms with E-state index in [2.05, 4.69) is 53.6 Å². The summed E-state index contributed by atoms with van der Waals surface area (Å²) in [5.74, 6) is -0.935. The minimum Gasteiger partial charge on any atom is -0.726 e. The number of carboxylic acids is 1. The molecule has 0 fully saturated rings. The average molecular weight is 336 g/mol. The molecule has 120 valence electrons. The Morgan fingerprint density at radius 1 is 1.29 bits per heavy atom. The van der Waals surface area contributed by atoms with Crippen molar-refractivity contribution < 1.29 is 27.1 Å². The molecule has 0 bridgehead atoms. The summed E-state index contributed by atoms with van der Waals surface area (Å²) in [6.45, 7) is 4.60. The lowest BCUT2D eigenvalue weighted by atomic mass is 10.4. The predicted octanol–water partition coefficient (Wildman–Crippen LogP) is 1.66. The first-order valence-electron chi connectivity index (χ1n) is 5.54. The zero-order valence-corrected chi connectivity index (χ0v) is 14.0. The van der Waals surface area contributed by atoms with Gasteiger partial charge in [0.25, 0.3) is 0 Å². The Labute approximate surface area is 128 Å². The van der Waals surface area contributed by atoms with Crippen LogP contribution < -0.4 is 0 Å². The molecule has 1 rings (SSSR count). The van der Waals surface area contributed by atoms with E-state index in [9.17, 15) is 17.8 Å². The van der Waals surface area contributed by atoms with Crippen molar-refractivity contribution in [2.45, 2.75) is 11.8 Å². The Bertz CT molecular complexity index is 511. The van der Waals surface area contributed by atoms with Crippen LogP contribution in [0.25, 0.3) is 0 Å². The van der Waals surface area contributed by atoms with Gasteiger partial charge in [-0.25, -0.2) is 13.2 Å². The van der Waals surface area contributed by atoms with Crippen LogP contribution in [0, 0.1) is 0 Å². The number of hydrogen-bond donors (Lipinski definition) is 1. The third-order valence-corrected chi connectivity index (χ3v) is 3.41. The second-order valence-electron chi connectivity index (χ2n) is 3.79. The smallest absolute Gasteiger partial charge is 0.330 e. The summed E-state index contributed by atoms with van der Waals surface area (Å²) in [6.07, 6.45) is 4.46. The van der Waals surface area contributed by atoms with Gasteiger partial charge >= 0.3 is 5.97 Å². The van der Waals surface area contributed by atoms with Crippen molar-refractivity contribution in [3.05, 3.63) is 42.5 Å². The first-order chi connectivity index (χ1) is 9.51. The topological polar surface area (TPSA) is 104 Å². The zero-order valence-electron chi connectivity index (χ0n) is 12.4. The summed E-state index contributed by atoms with van der Waals surface area (Å²) in [5, 5.41) is 7.89. The van der Waals surface area contributed by atoms with Gasteiger partial charge in [0.2, 0.25) is 10.4 Å². The van der Waals surface area contributed by atoms with Crippen LogP contribution in [0.3, 0.4) is 0 Å². The molecule has 0 amide bonds. The number of hydrogen-bond acceptors (Lipinski definition) is 5. The molecule has 0 spiro atoms. The molecule has 8 heteroatoms. The highest BCUT2D eigenvalue weighted by Gasteiger charge is 2.03. The Morgan fingerprint density at radius 2 is 1.62 bits per heavy atom. The van der Waals surface area contributed by atoms with Crippen LogP contribution in [0.2, 0.25) is 0 Å². The third kappa shape index (κ3) is 16.6. The highest BCUT2D eigenvalue weighted by molar-refractivity contribution is 7.95. The molecule has 21 heavy (non-hydrogen) atoms. The Morgan fingerprint density at radius 3 is 1.76 bits per heavy atom. The molecule has 0 aromatic heterocycles. The summed E-state index contributed by atoms with van der Waals surface area (Å²) in [7, 11) is -3.18. The van der Waals surface area contributed by atoms with E-state index in [1.54, 1.807) is 0 Å². The second-order valence-corrected chi connectivity index (χ2v) is 7.04. The zero-order chi connectivity index (χ0) is 17.1. The van der Waals surface area contributed by atoms with E-state index in [1.165, 1.54) is 11.8 Å². The predicted molar refractivity (Wildman–Crippen MR) is 83.1 cm³/mol. The highest BCUT2D eigenvalue weighted by atomic mass is 32.3. The van der Waals surface area contributed by atoms with Crippen LogP contribution in [-0.4, -0.2) is 43.7 Å². The van der Waals surface area contributed by atoms with E-state index in [-0.39, 0.29) is 5.57 Å². The fraction of sp³-hybridized carbons (Fsp3) is 0.308. The van der Waals surface area contributed by atoms with Gasteiger partial charge in [0, 0.05) is 16.5 Å². The molecular formula is C13H20O6S2. The van der Waals surface area contributed by atoms with Gasteiger partial charge in [-0.05, 0) is 19.1 Å². The Kier molecular flexibility index (Phi) is 11.8. The Balaban J connectivity index is 0. The number of carbonyl (C=O) groups is 1. The summed E-state index contributed by atoms with van der Waals surface area (Å²) < 4.78 is 31.0. The maximum absolute atomic E-state index is 9.60. The average Bonchev–Trinajstić information content (AvgIpc) is 2.40. The van der Waals surface area contributed by atoms with Crippen molar-refractivity contribution in [1.82, 2.24) is 0 Å². The lowest BCUT2D eigenvalue weighted by Crippen LogP contribution is -1.97. The number of aliphatic carboxylic acids is 1. The molecule has 0 saturated heterocycles. The lowest BCUT2D eigenvalue weighted by Gasteiger charge is -1.98. The standard InChI is InChI=1S/C8H11S.C4H6O2.CH4O4S/c1-9(2)8-6-4-3-5-7-8;1-3(2)4(5)6;1-5-6(2,3)4/h3-7H,1-2H3;1H2,2H3,(H,5,6);1H3,(H,2,3,4)/q+1;;/p-1. The second kappa shape index (κ2) is 11.3. The monoisotopic (exact) mass is 336 g/mol. The van der Waals surface area contributed by atoms with E-state index in [4.69, 9.17) is 5.11 Å². The van der Waals surface area contributed by atoms with Crippen molar-refractivity contribution in [3.8, 4) is 0 Å². The van der Waals surface area contributed by atoms with Gasteiger partial charge in [-0.15, -0.1) is 0 Å². The van der Waals surface area contributed by atoms with Crippen molar-refractivity contribution in [2.24, 2.45) is 0 Å². The Hall–Kier alpha value is -1.35. The maximum Gasteiger partial charge on any atom is 0.330 e. The maximum atomic E-state index is 9.60. The van der Waals surface area contributed by atoms with Crippen molar-refractivity contribution >= 4 is 27.3 Å². The molecule has 1 aromatic rings. The molecule has 0 atom stereocenters. The van der Waals surface area contributed by atoms with E-state index < -0.39 is 16.4 Å². The van der Waals surface area contributed by atoms with Crippen LogP contribution in [0.15, 0.2) is 47.4 Å². The minimum atomic E-state index is -4.41. The van der Waals surface area contributed by atoms with E-state index >= 15 is 0 Å². The van der Waals surface area contributed by atoms with Crippen molar-refractivity contribution in [3.63, 3.8) is 0 Å². The van der Waals surface area contributed by atoms with Crippen LogP contribution in [0.4, 0.5) is 0 Å². The molecule has 0 aliphatic rings. The molecule has 1 aromatic carbocycles. The van der Waals surface area contributed by atoms with E-state index in [0.717, 1.165) is 7.11 Å². The summed E-state index contributed by atoms with van der Waals surface area (Å²) in [5.41, 5.74) is 0.176. The summed E-state index contributed by atoms with van der Waals surface area (Å²) >= 11 is 0. The number of rotatable bonds is 3. The molecule has 0 aliphatic carbocycles. The number of carboxylic acid groups (broad SMARTS) is 1. The quantitative estimate of drug-likeness (QED) is 0.390. The van der Waals surface area contributed by atoms with Gasteiger partial charge in [-0.3, -0.25) is 4.18 Å². The van der Waals surface area contributed by atoms with Crippen LogP contribution >= 0.6 is 0 Å². The molecule has 0 saturated carbocycles. The molecular weight excluding hydrogens is 316 g/mol. The fourth-order valence-corrected chi connectivity index (χ4v) is 1.39. The van der Waals surface area contributed by atoms with E-state index in [0.29, 0.717) is 10.9 Å². The minimum absolute atomic E-state index is 0.176. The van der Waals surface area contributed by atoms with E-state index in [1.807, 2.05) is 0 Å². The summed E-state index contributed by atoms with van der Waals surface area (Å²) in [6, 6.07) is 10.6. The molecule has 1 N–H and O–H groups in total. The van der Waals surface area contributed by atoms with Crippen LogP contribution in [0.5, 0.6) is 0 Å². The van der Waals surface area contributed by atoms with Crippen molar-refractivity contribution in [2.75, 3.05) is 19.6 Å². The third-order valence-electron chi connectivity index (χ3n) is 1.78.